The van der Waals surface area contributed by atoms with Gasteiger partial charge in [0, 0.05) is 12.1 Å². The number of piperidine rings is 1. The normalized spacial score (nSPS) is 15.4. The van der Waals surface area contributed by atoms with E-state index in [4.69, 9.17) is 9.84 Å². The Labute approximate surface area is 145 Å². The summed E-state index contributed by atoms with van der Waals surface area (Å²) in [5, 5.41) is 9.85. The van der Waals surface area contributed by atoms with Gasteiger partial charge in [0.1, 0.15) is 22.2 Å². The number of aromatic carboxylic acids is 1. The molecule has 0 aliphatic carbocycles. The number of thiazole rings is 1. The van der Waals surface area contributed by atoms with Crippen LogP contribution in [0.3, 0.4) is 0 Å². The van der Waals surface area contributed by atoms with E-state index in [1.54, 1.807) is 6.92 Å². The fraction of sp³-hybridized carbons (Fsp3) is 0.444. The van der Waals surface area contributed by atoms with Crippen molar-refractivity contribution in [3.8, 4) is 16.3 Å². The van der Waals surface area contributed by atoms with E-state index < -0.39 is 5.97 Å². The van der Waals surface area contributed by atoms with Gasteiger partial charge in [-0.2, -0.15) is 0 Å². The molecule has 0 bridgehead atoms. The highest BCUT2D eigenvalue weighted by Gasteiger charge is 2.15. The maximum absolute atomic E-state index is 11.1. The number of aromatic nitrogens is 1. The maximum atomic E-state index is 11.1. The maximum Gasteiger partial charge on any atom is 0.347 e. The van der Waals surface area contributed by atoms with Crippen molar-refractivity contribution in [2.75, 3.05) is 26.2 Å². The first-order valence-electron chi connectivity index (χ1n) is 8.30. The lowest BCUT2D eigenvalue weighted by Gasteiger charge is -2.26. The minimum Gasteiger partial charge on any atom is -0.492 e. The third-order valence-corrected chi connectivity index (χ3v) is 5.41. The number of nitrogens with zero attached hydrogens (tertiary/aromatic N) is 2. The Hall–Kier alpha value is -1.92. The Morgan fingerprint density at radius 3 is 2.58 bits per heavy atom. The SMILES string of the molecule is Cc1nc(-c2ccc(OCCN3CCCCC3)cc2)sc1C(=O)O. The molecule has 0 atom stereocenters. The van der Waals surface area contributed by atoms with Crippen molar-refractivity contribution in [1.82, 2.24) is 9.88 Å². The van der Waals surface area contributed by atoms with E-state index in [0.29, 0.717) is 17.2 Å². The molecule has 2 aromatic rings. The molecule has 128 valence electrons. The van der Waals surface area contributed by atoms with Crippen LogP contribution >= 0.6 is 11.3 Å². The Kier molecular flexibility index (Phi) is 5.48. The van der Waals surface area contributed by atoms with Crippen LogP contribution in [-0.4, -0.2) is 47.2 Å². The number of hydrogen-bond donors (Lipinski definition) is 1. The van der Waals surface area contributed by atoms with Crippen molar-refractivity contribution in [2.24, 2.45) is 0 Å². The van der Waals surface area contributed by atoms with Crippen LogP contribution in [0.2, 0.25) is 0 Å². The van der Waals surface area contributed by atoms with Crippen molar-refractivity contribution < 1.29 is 14.6 Å². The molecule has 1 saturated heterocycles. The smallest absolute Gasteiger partial charge is 0.347 e. The molecule has 0 radical (unpaired) electrons. The zero-order chi connectivity index (χ0) is 16.9. The quantitative estimate of drug-likeness (QED) is 0.864. The van der Waals surface area contributed by atoms with Gasteiger partial charge in [-0.1, -0.05) is 6.42 Å². The summed E-state index contributed by atoms with van der Waals surface area (Å²) >= 11 is 1.21. The van der Waals surface area contributed by atoms with Gasteiger partial charge in [0.25, 0.3) is 0 Å². The van der Waals surface area contributed by atoms with E-state index in [1.807, 2.05) is 24.3 Å². The molecule has 6 heteroatoms. The first kappa shape index (κ1) is 16.9. The largest absolute Gasteiger partial charge is 0.492 e. The first-order valence-corrected chi connectivity index (χ1v) is 9.11. The van der Waals surface area contributed by atoms with Crippen LogP contribution in [0.25, 0.3) is 10.6 Å². The summed E-state index contributed by atoms with van der Waals surface area (Å²) in [7, 11) is 0. The van der Waals surface area contributed by atoms with Gasteiger partial charge < -0.3 is 9.84 Å². The fourth-order valence-electron chi connectivity index (χ4n) is 2.89. The standard InChI is InChI=1S/C18H22N2O3S/c1-13-16(18(21)22)24-17(19-13)14-5-7-15(8-6-14)23-12-11-20-9-3-2-4-10-20/h5-8H,2-4,9-12H2,1H3,(H,21,22). The Morgan fingerprint density at radius 1 is 1.25 bits per heavy atom. The highest BCUT2D eigenvalue weighted by Crippen LogP contribution is 2.29. The number of aryl methyl sites for hydroxylation is 1. The van der Waals surface area contributed by atoms with Crippen molar-refractivity contribution in [1.29, 1.82) is 0 Å². The third kappa shape index (κ3) is 4.13. The number of carboxylic acids is 1. The number of rotatable bonds is 6. The zero-order valence-electron chi connectivity index (χ0n) is 13.8. The number of carbonyl (C=O) groups is 1. The van der Waals surface area contributed by atoms with Crippen LogP contribution in [0.1, 0.15) is 34.6 Å². The average Bonchev–Trinajstić information content (AvgIpc) is 2.99. The molecule has 1 aromatic carbocycles. The molecule has 1 N–H and O–H groups in total. The molecule has 1 fully saturated rings. The molecule has 0 spiro atoms. The monoisotopic (exact) mass is 346 g/mol. The molecule has 24 heavy (non-hydrogen) atoms. The van der Waals surface area contributed by atoms with Crippen molar-refractivity contribution in [3.05, 3.63) is 34.8 Å². The topological polar surface area (TPSA) is 62.7 Å². The van der Waals surface area contributed by atoms with Gasteiger partial charge in [0.2, 0.25) is 0 Å². The molecule has 0 unspecified atom stereocenters. The second kappa shape index (κ2) is 7.77. The molecule has 5 nitrogen and oxygen atoms in total. The highest BCUT2D eigenvalue weighted by atomic mass is 32.1. The second-order valence-corrected chi connectivity index (χ2v) is 7.01. The summed E-state index contributed by atoms with van der Waals surface area (Å²) in [4.78, 5) is 18.2. The molecule has 0 amide bonds. The lowest BCUT2D eigenvalue weighted by Crippen LogP contribution is -2.33. The molecule has 3 rings (SSSR count). The summed E-state index contributed by atoms with van der Waals surface area (Å²) in [6.45, 7) is 5.74. The van der Waals surface area contributed by atoms with E-state index in [9.17, 15) is 4.79 Å². The molecule has 0 saturated carbocycles. The number of carboxylic acid groups (broad SMARTS) is 1. The zero-order valence-corrected chi connectivity index (χ0v) is 14.6. The molecule has 2 heterocycles. The van der Waals surface area contributed by atoms with Gasteiger partial charge in [-0.3, -0.25) is 4.90 Å². The molecule has 1 aliphatic heterocycles. The predicted molar refractivity (Wildman–Crippen MR) is 95.0 cm³/mol. The third-order valence-electron chi connectivity index (χ3n) is 4.22. The van der Waals surface area contributed by atoms with E-state index >= 15 is 0 Å². The highest BCUT2D eigenvalue weighted by molar-refractivity contribution is 7.17. The number of likely N-dealkylation sites (tertiary alicyclic amines) is 1. The van der Waals surface area contributed by atoms with Gasteiger partial charge in [-0.05, 0) is 57.1 Å². The van der Waals surface area contributed by atoms with Crippen LogP contribution < -0.4 is 4.74 Å². The van der Waals surface area contributed by atoms with Crippen molar-refractivity contribution >= 4 is 17.3 Å². The van der Waals surface area contributed by atoms with Gasteiger partial charge in [-0.25, -0.2) is 9.78 Å². The summed E-state index contributed by atoms with van der Waals surface area (Å²) in [5.74, 6) is -0.0867. The Balaban J connectivity index is 1.57. The van der Waals surface area contributed by atoms with Crippen LogP contribution in [0, 0.1) is 6.92 Å². The van der Waals surface area contributed by atoms with E-state index in [1.165, 1.54) is 43.7 Å². The first-order chi connectivity index (χ1) is 11.6. The minimum atomic E-state index is -0.922. The van der Waals surface area contributed by atoms with Crippen LogP contribution in [-0.2, 0) is 0 Å². The van der Waals surface area contributed by atoms with E-state index in [0.717, 1.165) is 22.9 Å². The Bertz CT molecular complexity index is 691. The van der Waals surface area contributed by atoms with Crippen molar-refractivity contribution in [3.63, 3.8) is 0 Å². The molecular formula is C18H22N2O3S. The van der Waals surface area contributed by atoms with Gasteiger partial charge in [0.05, 0.1) is 5.69 Å². The van der Waals surface area contributed by atoms with Gasteiger partial charge in [-0.15, -0.1) is 11.3 Å². The van der Waals surface area contributed by atoms with Crippen LogP contribution in [0.4, 0.5) is 0 Å². The minimum absolute atomic E-state index is 0.298. The average molecular weight is 346 g/mol. The fourth-order valence-corrected chi connectivity index (χ4v) is 3.80. The van der Waals surface area contributed by atoms with Crippen LogP contribution in [0.15, 0.2) is 24.3 Å². The summed E-state index contributed by atoms with van der Waals surface area (Å²) in [6.07, 6.45) is 3.93. The number of ether oxygens (including phenoxy) is 1. The van der Waals surface area contributed by atoms with Gasteiger partial charge >= 0.3 is 5.97 Å². The second-order valence-electron chi connectivity index (χ2n) is 6.01. The lowest BCUT2D eigenvalue weighted by molar-refractivity contribution is 0.0701. The summed E-state index contributed by atoms with van der Waals surface area (Å²) in [5.41, 5.74) is 1.48. The van der Waals surface area contributed by atoms with Gasteiger partial charge in [0.15, 0.2) is 0 Å². The molecular weight excluding hydrogens is 324 g/mol. The molecule has 1 aliphatic rings. The predicted octanol–water partition coefficient (Wildman–Crippen LogP) is 3.68. The molecule has 1 aromatic heterocycles. The summed E-state index contributed by atoms with van der Waals surface area (Å²) in [6, 6.07) is 7.70. The Morgan fingerprint density at radius 2 is 1.96 bits per heavy atom. The summed E-state index contributed by atoms with van der Waals surface area (Å²) < 4.78 is 5.81. The number of hydrogen-bond acceptors (Lipinski definition) is 5. The van der Waals surface area contributed by atoms with Crippen molar-refractivity contribution in [2.45, 2.75) is 26.2 Å². The van der Waals surface area contributed by atoms with E-state index in [-0.39, 0.29) is 0 Å². The van der Waals surface area contributed by atoms with E-state index in [2.05, 4.69) is 9.88 Å². The van der Waals surface area contributed by atoms with Crippen LogP contribution in [0.5, 0.6) is 5.75 Å². The lowest BCUT2D eigenvalue weighted by atomic mass is 10.1. The number of benzene rings is 1.